The van der Waals surface area contributed by atoms with Crippen LogP contribution in [0.5, 0.6) is 5.75 Å². The third-order valence-electron chi connectivity index (χ3n) is 3.57. The van der Waals surface area contributed by atoms with E-state index in [0.29, 0.717) is 17.8 Å². The van der Waals surface area contributed by atoms with Gasteiger partial charge >= 0.3 is 0 Å². The van der Waals surface area contributed by atoms with Crippen LogP contribution in [-0.4, -0.2) is 20.4 Å². The van der Waals surface area contributed by atoms with Crippen molar-refractivity contribution in [2.45, 2.75) is 20.3 Å². The SMILES string of the molecule is CCc1nc2c(C)cccn2c1C(=O)Nc1cccc(O)c1. The largest absolute Gasteiger partial charge is 0.508 e. The van der Waals surface area contributed by atoms with Crippen LogP contribution in [0.1, 0.15) is 28.7 Å². The lowest BCUT2D eigenvalue weighted by molar-refractivity contribution is 0.102. The minimum atomic E-state index is -0.236. The van der Waals surface area contributed by atoms with Crippen LogP contribution in [0, 0.1) is 6.92 Å². The lowest BCUT2D eigenvalue weighted by Crippen LogP contribution is -2.16. The highest BCUT2D eigenvalue weighted by Gasteiger charge is 2.19. The third kappa shape index (κ3) is 2.41. The number of hydrogen-bond donors (Lipinski definition) is 2. The van der Waals surface area contributed by atoms with Crippen molar-refractivity contribution in [1.29, 1.82) is 0 Å². The van der Waals surface area contributed by atoms with Crippen molar-refractivity contribution in [2.75, 3.05) is 5.32 Å². The molecular formula is C17H17N3O2. The minimum Gasteiger partial charge on any atom is -0.508 e. The van der Waals surface area contributed by atoms with E-state index in [2.05, 4.69) is 10.3 Å². The molecule has 0 unspecified atom stereocenters. The molecule has 0 fully saturated rings. The zero-order chi connectivity index (χ0) is 15.7. The first kappa shape index (κ1) is 14.1. The van der Waals surface area contributed by atoms with Gasteiger partial charge in [-0.15, -0.1) is 0 Å². The Morgan fingerprint density at radius 2 is 2.14 bits per heavy atom. The molecule has 5 heteroatoms. The van der Waals surface area contributed by atoms with Crippen molar-refractivity contribution in [3.8, 4) is 5.75 Å². The van der Waals surface area contributed by atoms with Crippen molar-refractivity contribution in [2.24, 2.45) is 0 Å². The molecule has 2 aromatic heterocycles. The number of phenols is 1. The standard InChI is InChI=1S/C17H17N3O2/c1-3-14-15(20-9-5-6-11(2)16(20)19-14)17(22)18-12-7-4-8-13(21)10-12/h4-10,21H,3H2,1-2H3,(H,18,22). The van der Waals surface area contributed by atoms with Crippen LogP contribution < -0.4 is 5.32 Å². The number of benzene rings is 1. The van der Waals surface area contributed by atoms with Gasteiger partial charge in [-0.3, -0.25) is 9.20 Å². The molecule has 0 aliphatic carbocycles. The minimum absolute atomic E-state index is 0.113. The quantitative estimate of drug-likeness (QED) is 0.780. The fourth-order valence-electron chi connectivity index (χ4n) is 2.51. The van der Waals surface area contributed by atoms with Gasteiger partial charge in [-0.1, -0.05) is 19.1 Å². The summed E-state index contributed by atoms with van der Waals surface area (Å²) >= 11 is 0. The van der Waals surface area contributed by atoms with Crippen molar-refractivity contribution in [1.82, 2.24) is 9.38 Å². The summed E-state index contributed by atoms with van der Waals surface area (Å²) in [5.74, 6) is -0.122. The lowest BCUT2D eigenvalue weighted by Gasteiger charge is -2.07. The first-order valence-electron chi connectivity index (χ1n) is 7.17. The van der Waals surface area contributed by atoms with Crippen LogP contribution in [0.4, 0.5) is 5.69 Å². The smallest absolute Gasteiger partial charge is 0.274 e. The van der Waals surface area contributed by atoms with Crippen LogP contribution in [0.3, 0.4) is 0 Å². The van der Waals surface area contributed by atoms with Gasteiger partial charge in [0.05, 0.1) is 5.69 Å². The second kappa shape index (κ2) is 5.52. The molecule has 0 atom stereocenters. The van der Waals surface area contributed by atoms with Crippen LogP contribution in [0.25, 0.3) is 5.65 Å². The van der Waals surface area contributed by atoms with E-state index in [0.717, 1.165) is 16.9 Å². The van der Waals surface area contributed by atoms with E-state index < -0.39 is 0 Å². The molecular weight excluding hydrogens is 278 g/mol. The summed E-state index contributed by atoms with van der Waals surface area (Å²) in [6, 6.07) is 10.4. The summed E-state index contributed by atoms with van der Waals surface area (Å²) in [5.41, 5.74) is 3.65. The molecule has 22 heavy (non-hydrogen) atoms. The number of aryl methyl sites for hydroxylation is 2. The molecule has 0 aliphatic heterocycles. The summed E-state index contributed by atoms with van der Waals surface area (Å²) in [6.45, 7) is 3.95. The molecule has 0 spiro atoms. The van der Waals surface area contributed by atoms with E-state index in [1.807, 2.05) is 36.6 Å². The Kier molecular flexibility index (Phi) is 3.55. The van der Waals surface area contributed by atoms with Gasteiger partial charge in [0.2, 0.25) is 0 Å². The average Bonchev–Trinajstić information content (AvgIpc) is 2.87. The van der Waals surface area contributed by atoms with Crippen LogP contribution >= 0.6 is 0 Å². The van der Waals surface area contributed by atoms with Gasteiger partial charge in [0.1, 0.15) is 17.1 Å². The van der Waals surface area contributed by atoms with Gasteiger partial charge in [-0.2, -0.15) is 0 Å². The predicted molar refractivity (Wildman–Crippen MR) is 85.4 cm³/mol. The number of rotatable bonds is 3. The van der Waals surface area contributed by atoms with Gasteiger partial charge in [0, 0.05) is 18.0 Å². The van der Waals surface area contributed by atoms with Crippen molar-refractivity contribution in [3.05, 3.63) is 59.5 Å². The highest BCUT2D eigenvalue weighted by Crippen LogP contribution is 2.20. The molecule has 3 rings (SSSR count). The number of carbonyl (C=O) groups excluding carboxylic acids is 1. The van der Waals surface area contributed by atoms with E-state index in [4.69, 9.17) is 0 Å². The topological polar surface area (TPSA) is 66.6 Å². The zero-order valence-corrected chi connectivity index (χ0v) is 12.5. The molecule has 0 aliphatic rings. The maximum absolute atomic E-state index is 12.6. The van der Waals surface area contributed by atoms with Gasteiger partial charge in [-0.25, -0.2) is 4.98 Å². The molecule has 0 saturated heterocycles. The fraction of sp³-hybridized carbons (Fsp3) is 0.176. The van der Waals surface area contributed by atoms with E-state index in [1.165, 1.54) is 6.07 Å². The van der Waals surface area contributed by atoms with E-state index in [1.54, 1.807) is 18.2 Å². The number of carbonyl (C=O) groups is 1. The Balaban J connectivity index is 2.05. The van der Waals surface area contributed by atoms with Crippen LogP contribution in [0.15, 0.2) is 42.6 Å². The molecule has 112 valence electrons. The third-order valence-corrected chi connectivity index (χ3v) is 3.57. The molecule has 0 bridgehead atoms. The zero-order valence-electron chi connectivity index (χ0n) is 12.5. The van der Waals surface area contributed by atoms with Gasteiger partial charge in [-0.05, 0) is 37.1 Å². The summed E-state index contributed by atoms with van der Waals surface area (Å²) in [6.07, 6.45) is 2.51. The number of phenolic OH excluding ortho intramolecular Hbond substituents is 1. The Hall–Kier alpha value is -2.82. The average molecular weight is 295 g/mol. The van der Waals surface area contributed by atoms with E-state index in [9.17, 15) is 9.90 Å². The fourth-order valence-corrected chi connectivity index (χ4v) is 2.51. The molecule has 1 amide bonds. The number of fused-ring (bicyclic) bond motifs is 1. The summed E-state index contributed by atoms with van der Waals surface area (Å²) < 4.78 is 1.81. The second-order valence-electron chi connectivity index (χ2n) is 5.15. The number of anilines is 1. The van der Waals surface area contributed by atoms with Gasteiger partial charge < -0.3 is 10.4 Å². The Labute approximate surface area is 128 Å². The number of imidazole rings is 1. The highest BCUT2D eigenvalue weighted by atomic mass is 16.3. The maximum atomic E-state index is 12.6. The second-order valence-corrected chi connectivity index (χ2v) is 5.15. The maximum Gasteiger partial charge on any atom is 0.274 e. The Bertz CT molecular complexity index is 852. The number of hydrogen-bond acceptors (Lipinski definition) is 3. The number of pyridine rings is 1. The number of nitrogens with one attached hydrogen (secondary N) is 1. The molecule has 0 saturated carbocycles. The lowest BCUT2D eigenvalue weighted by atomic mass is 10.2. The molecule has 1 aromatic carbocycles. The highest BCUT2D eigenvalue weighted by molar-refractivity contribution is 6.04. The van der Waals surface area contributed by atoms with Crippen molar-refractivity contribution in [3.63, 3.8) is 0 Å². The van der Waals surface area contributed by atoms with Crippen molar-refractivity contribution < 1.29 is 9.90 Å². The first-order valence-corrected chi connectivity index (χ1v) is 7.17. The van der Waals surface area contributed by atoms with Crippen LogP contribution in [0.2, 0.25) is 0 Å². The number of aromatic nitrogens is 2. The Morgan fingerprint density at radius 3 is 2.86 bits per heavy atom. The van der Waals surface area contributed by atoms with Gasteiger partial charge in [0.15, 0.2) is 0 Å². The summed E-state index contributed by atoms with van der Waals surface area (Å²) in [4.78, 5) is 17.2. The van der Waals surface area contributed by atoms with Crippen LogP contribution in [-0.2, 0) is 6.42 Å². The normalized spacial score (nSPS) is 10.8. The van der Waals surface area contributed by atoms with Crippen molar-refractivity contribution >= 4 is 17.2 Å². The predicted octanol–water partition coefficient (Wildman–Crippen LogP) is 3.16. The summed E-state index contributed by atoms with van der Waals surface area (Å²) in [7, 11) is 0. The Morgan fingerprint density at radius 1 is 1.32 bits per heavy atom. The van der Waals surface area contributed by atoms with Gasteiger partial charge in [0.25, 0.3) is 5.91 Å². The first-order chi connectivity index (χ1) is 10.6. The number of nitrogens with zero attached hydrogens (tertiary/aromatic N) is 2. The molecule has 5 nitrogen and oxygen atoms in total. The number of amides is 1. The monoisotopic (exact) mass is 295 g/mol. The molecule has 3 aromatic rings. The van der Waals surface area contributed by atoms with E-state index >= 15 is 0 Å². The summed E-state index contributed by atoms with van der Waals surface area (Å²) in [5, 5.41) is 12.3. The number of aromatic hydroxyl groups is 1. The molecule has 0 radical (unpaired) electrons. The molecule has 2 N–H and O–H groups in total. The molecule has 2 heterocycles. The van der Waals surface area contributed by atoms with E-state index in [-0.39, 0.29) is 11.7 Å².